The van der Waals surface area contributed by atoms with Gasteiger partial charge in [-0.05, 0) is 23.8 Å². The second-order valence-electron chi connectivity index (χ2n) is 4.73. The highest BCUT2D eigenvalue weighted by Crippen LogP contribution is 2.26. The van der Waals surface area contributed by atoms with Gasteiger partial charge in [0.2, 0.25) is 0 Å². The fraction of sp³-hybridized carbons (Fsp3) is 0.200. The average Bonchev–Trinajstić information content (AvgIpc) is 2.44. The van der Waals surface area contributed by atoms with Crippen molar-refractivity contribution in [2.24, 2.45) is 5.73 Å². The van der Waals surface area contributed by atoms with Crippen LogP contribution in [0.2, 0.25) is 0 Å². The number of benzene rings is 2. The minimum Gasteiger partial charge on any atom is -0.378 e. The van der Waals surface area contributed by atoms with Crippen LogP contribution >= 0.6 is 0 Å². The van der Waals surface area contributed by atoms with Crippen LogP contribution in [0.15, 0.2) is 36.4 Å². The Balaban J connectivity index is 2.36. The maximum absolute atomic E-state index is 13.7. The monoisotopic (exact) mass is 280 g/mol. The Morgan fingerprint density at radius 1 is 0.900 bits per heavy atom. The molecule has 2 N–H and O–H groups in total. The minimum absolute atomic E-state index is 0.0681. The third kappa shape index (κ3) is 2.63. The molecule has 0 heterocycles. The molecule has 5 heteroatoms. The summed E-state index contributed by atoms with van der Waals surface area (Å²) in [7, 11) is 3.79. The fourth-order valence-corrected chi connectivity index (χ4v) is 1.94. The smallest absolute Gasteiger partial charge is 0.194 e. The molecule has 0 aromatic heterocycles. The van der Waals surface area contributed by atoms with Crippen LogP contribution in [0.3, 0.4) is 0 Å². The Labute approximate surface area is 115 Å². The van der Waals surface area contributed by atoms with Gasteiger partial charge in [-0.1, -0.05) is 18.2 Å². The highest BCUT2D eigenvalue weighted by Gasteiger charge is 2.19. The number of anilines is 1. The molecule has 0 aliphatic rings. The molecule has 1 atom stereocenters. The van der Waals surface area contributed by atoms with E-state index in [0.717, 1.165) is 17.8 Å². The summed E-state index contributed by atoms with van der Waals surface area (Å²) in [6.07, 6.45) is 0. The molecule has 0 spiro atoms. The second kappa shape index (κ2) is 5.54. The van der Waals surface area contributed by atoms with E-state index in [1.165, 1.54) is 0 Å². The molecule has 2 nitrogen and oxygen atoms in total. The van der Waals surface area contributed by atoms with Gasteiger partial charge in [0, 0.05) is 25.3 Å². The van der Waals surface area contributed by atoms with E-state index in [9.17, 15) is 13.2 Å². The van der Waals surface area contributed by atoms with Crippen LogP contribution in [0.5, 0.6) is 0 Å². The summed E-state index contributed by atoms with van der Waals surface area (Å²) < 4.78 is 39.8. The number of rotatable bonds is 3. The van der Waals surface area contributed by atoms with Crippen molar-refractivity contribution in [2.45, 2.75) is 6.04 Å². The van der Waals surface area contributed by atoms with Gasteiger partial charge in [0.05, 0.1) is 6.04 Å². The average molecular weight is 280 g/mol. The molecule has 2 aromatic carbocycles. The van der Waals surface area contributed by atoms with Crippen LogP contribution < -0.4 is 10.6 Å². The molecule has 0 amide bonds. The van der Waals surface area contributed by atoms with Crippen LogP contribution in [0, 0.1) is 17.5 Å². The zero-order chi connectivity index (χ0) is 14.9. The molecule has 0 bridgehead atoms. The molecule has 20 heavy (non-hydrogen) atoms. The van der Waals surface area contributed by atoms with Crippen LogP contribution in [-0.4, -0.2) is 14.1 Å². The standard InChI is InChI=1S/C15H15F3N2/c1-20(2)10-5-3-9(4-6-10)15(19)11-7-8-12(16)14(18)13(11)17/h3-8,15H,19H2,1-2H3. The quantitative estimate of drug-likeness (QED) is 0.875. The Morgan fingerprint density at radius 2 is 1.50 bits per heavy atom. The number of hydrogen-bond donors (Lipinski definition) is 1. The Kier molecular flexibility index (Phi) is 3.99. The molecule has 1 unspecified atom stereocenters. The highest BCUT2D eigenvalue weighted by atomic mass is 19.2. The lowest BCUT2D eigenvalue weighted by molar-refractivity contribution is 0.438. The van der Waals surface area contributed by atoms with Crippen molar-refractivity contribution in [3.05, 3.63) is 65.0 Å². The van der Waals surface area contributed by atoms with E-state index in [0.29, 0.717) is 5.56 Å². The first-order chi connectivity index (χ1) is 9.41. The van der Waals surface area contributed by atoms with E-state index >= 15 is 0 Å². The normalized spacial score (nSPS) is 12.3. The summed E-state index contributed by atoms with van der Waals surface area (Å²) in [6, 6.07) is 8.32. The van der Waals surface area contributed by atoms with E-state index in [1.807, 2.05) is 31.1 Å². The maximum Gasteiger partial charge on any atom is 0.194 e. The fourth-order valence-electron chi connectivity index (χ4n) is 1.94. The van der Waals surface area contributed by atoms with E-state index in [4.69, 9.17) is 5.73 Å². The zero-order valence-corrected chi connectivity index (χ0v) is 11.2. The van der Waals surface area contributed by atoms with Crippen LogP contribution in [-0.2, 0) is 0 Å². The lowest BCUT2D eigenvalue weighted by atomic mass is 9.98. The van der Waals surface area contributed by atoms with Crippen molar-refractivity contribution >= 4 is 5.69 Å². The zero-order valence-electron chi connectivity index (χ0n) is 11.2. The topological polar surface area (TPSA) is 29.3 Å². The lowest BCUT2D eigenvalue weighted by Crippen LogP contribution is -2.15. The molecule has 0 fully saturated rings. The van der Waals surface area contributed by atoms with Crippen LogP contribution in [0.4, 0.5) is 18.9 Å². The van der Waals surface area contributed by atoms with Gasteiger partial charge in [-0.25, -0.2) is 13.2 Å². The van der Waals surface area contributed by atoms with Gasteiger partial charge in [0.25, 0.3) is 0 Å². The van der Waals surface area contributed by atoms with Gasteiger partial charge in [-0.2, -0.15) is 0 Å². The van der Waals surface area contributed by atoms with Crippen LogP contribution in [0.1, 0.15) is 17.2 Å². The molecule has 2 rings (SSSR count). The largest absolute Gasteiger partial charge is 0.378 e. The van der Waals surface area contributed by atoms with E-state index in [1.54, 1.807) is 12.1 Å². The first-order valence-electron chi connectivity index (χ1n) is 6.08. The predicted octanol–water partition coefficient (Wildman–Crippen LogP) is 3.22. The molecule has 0 saturated heterocycles. The molecule has 0 radical (unpaired) electrons. The number of hydrogen-bond acceptors (Lipinski definition) is 2. The molecule has 0 saturated carbocycles. The lowest BCUT2D eigenvalue weighted by Gasteiger charge is -2.17. The summed E-state index contributed by atoms with van der Waals surface area (Å²) in [5.74, 6) is -3.96. The Morgan fingerprint density at radius 3 is 2.05 bits per heavy atom. The summed E-state index contributed by atoms with van der Waals surface area (Å²) in [5.41, 5.74) is 7.44. The van der Waals surface area contributed by atoms with E-state index < -0.39 is 23.5 Å². The summed E-state index contributed by atoms with van der Waals surface area (Å²) in [4.78, 5) is 1.91. The molecule has 2 aromatic rings. The van der Waals surface area contributed by atoms with E-state index in [-0.39, 0.29) is 5.56 Å². The summed E-state index contributed by atoms with van der Waals surface area (Å²) >= 11 is 0. The van der Waals surface area contributed by atoms with Gasteiger partial charge in [0.1, 0.15) is 0 Å². The summed E-state index contributed by atoms with van der Waals surface area (Å²) in [6.45, 7) is 0. The third-order valence-corrected chi connectivity index (χ3v) is 3.17. The number of nitrogens with two attached hydrogens (primary N) is 1. The van der Waals surface area contributed by atoms with Crippen molar-refractivity contribution in [1.82, 2.24) is 0 Å². The third-order valence-electron chi connectivity index (χ3n) is 3.17. The number of halogens is 3. The Hall–Kier alpha value is -2.01. The Bertz CT molecular complexity index is 609. The second-order valence-corrected chi connectivity index (χ2v) is 4.73. The first-order valence-corrected chi connectivity index (χ1v) is 6.08. The van der Waals surface area contributed by atoms with Gasteiger partial charge in [-0.3, -0.25) is 0 Å². The van der Waals surface area contributed by atoms with E-state index in [2.05, 4.69) is 0 Å². The van der Waals surface area contributed by atoms with Crippen molar-refractivity contribution < 1.29 is 13.2 Å². The van der Waals surface area contributed by atoms with Gasteiger partial charge >= 0.3 is 0 Å². The van der Waals surface area contributed by atoms with Crippen LogP contribution in [0.25, 0.3) is 0 Å². The van der Waals surface area contributed by atoms with Crippen molar-refractivity contribution in [1.29, 1.82) is 0 Å². The predicted molar refractivity (Wildman–Crippen MR) is 73.1 cm³/mol. The molecular weight excluding hydrogens is 265 g/mol. The molecule has 0 aliphatic carbocycles. The van der Waals surface area contributed by atoms with Crippen molar-refractivity contribution in [3.63, 3.8) is 0 Å². The SMILES string of the molecule is CN(C)c1ccc(C(N)c2ccc(F)c(F)c2F)cc1. The van der Waals surface area contributed by atoms with Crippen molar-refractivity contribution in [2.75, 3.05) is 19.0 Å². The number of nitrogens with zero attached hydrogens (tertiary/aromatic N) is 1. The van der Waals surface area contributed by atoms with Gasteiger partial charge < -0.3 is 10.6 Å². The summed E-state index contributed by atoms with van der Waals surface area (Å²) in [5, 5.41) is 0. The highest BCUT2D eigenvalue weighted by molar-refractivity contribution is 5.47. The maximum atomic E-state index is 13.7. The van der Waals surface area contributed by atoms with Gasteiger partial charge in [0.15, 0.2) is 17.5 Å². The molecular formula is C15H15F3N2. The molecule has 106 valence electrons. The first kappa shape index (κ1) is 14.4. The van der Waals surface area contributed by atoms with Crippen molar-refractivity contribution in [3.8, 4) is 0 Å². The van der Waals surface area contributed by atoms with Gasteiger partial charge in [-0.15, -0.1) is 0 Å². The minimum atomic E-state index is -1.50. The molecule has 0 aliphatic heterocycles.